The van der Waals surface area contributed by atoms with Gasteiger partial charge in [0.1, 0.15) is 0 Å². The van der Waals surface area contributed by atoms with Crippen LogP contribution in [0.2, 0.25) is 0 Å². The normalized spacial score (nSPS) is 11.0. The SMILES string of the molecule is COCCn1c(C)cc(/C=N/NC(=S)NCc2ccccc2)c1C. The molecule has 0 aliphatic carbocycles. The van der Waals surface area contributed by atoms with Crippen molar-refractivity contribution >= 4 is 23.5 Å². The van der Waals surface area contributed by atoms with Gasteiger partial charge in [-0.2, -0.15) is 5.10 Å². The van der Waals surface area contributed by atoms with E-state index >= 15 is 0 Å². The second-order valence-electron chi connectivity index (χ2n) is 5.51. The highest BCUT2D eigenvalue weighted by atomic mass is 32.1. The van der Waals surface area contributed by atoms with Gasteiger partial charge in [-0.3, -0.25) is 5.43 Å². The quantitative estimate of drug-likeness (QED) is 0.461. The number of hydrazone groups is 1. The molecule has 0 saturated carbocycles. The molecule has 2 aromatic rings. The summed E-state index contributed by atoms with van der Waals surface area (Å²) < 4.78 is 7.37. The van der Waals surface area contributed by atoms with Gasteiger partial charge in [0.05, 0.1) is 12.8 Å². The summed E-state index contributed by atoms with van der Waals surface area (Å²) in [6.45, 7) is 6.37. The van der Waals surface area contributed by atoms with Crippen LogP contribution < -0.4 is 10.7 Å². The lowest BCUT2D eigenvalue weighted by atomic mass is 10.2. The molecule has 0 bridgehead atoms. The smallest absolute Gasteiger partial charge is 0.187 e. The van der Waals surface area contributed by atoms with Gasteiger partial charge in [0.15, 0.2) is 5.11 Å². The molecule has 0 atom stereocenters. The van der Waals surface area contributed by atoms with Gasteiger partial charge in [0.2, 0.25) is 0 Å². The van der Waals surface area contributed by atoms with Gasteiger partial charge in [-0.15, -0.1) is 0 Å². The van der Waals surface area contributed by atoms with Gasteiger partial charge in [-0.1, -0.05) is 30.3 Å². The number of aromatic nitrogens is 1. The third kappa shape index (κ3) is 5.18. The van der Waals surface area contributed by atoms with Crippen molar-refractivity contribution in [1.29, 1.82) is 0 Å². The lowest BCUT2D eigenvalue weighted by Crippen LogP contribution is -2.31. The first-order valence-corrected chi connectivity index (χ1v) is 8.29. The maximum absolute atomic E-state index is 5.23. The number of nitrogens with zero attached hydrogens (tertiary/aromatic N) is 2. The highest BCUT2D eigenvalue weighted by Gasteiger charge is 2.06. The van der Waals surface area contributed by atoms with Crippen molar-refractivity contribution in [3.05, 3.63) is 58.9 Å². The van der Waals surface area contributed by atoms with E-state index < -0.39 is 0 Å². The third-order valence-electron chi connectivity index (χ3n) is 3.80. The van der Waals surface area contributed by atoms with Crippen LogP contribution in [0.3, 0.4) is 0 Å². The molecule has 0 aliphatic rings. The van der Waals surface area contributed by atoms with Crippen LogP contribution in [0, 0.1) is 13.8 Å². The van der Waals surface area contributed by atoms with Gasteiger partial charge in [-0.25, -0.2) is 0 Å². The molecular weight excluding hydrogens is 320 g/mol. The summed E-state index contributed by atoms with van der Waals surface area (Å²) in [5.41, 5.74) is 7.46. The molecule has 5 nitrogen and oxygen atoms in total. The van der Waals surface area contributed by atoms with Gasteiger partial charge in [0, 0.05) is 37.2 Å². The molecule has 0 radical (unpaired) electrons. The molecule has 1 heterocycles. The van der Waals surface area contributed by atoms with Gasteiger partial charge >= 0.3 is 0 Å². The highest BCUT2D eigenvalue weighted by molar-refractivity contribution is 7.80. The third-order valence-corrected chi connectivity index (χ3v) is 4.03. The van der Waals surface area contributed by atoms with E-state index in [1.54, 1.807) is 13.3 Å². The lowest BCUT2D eigenvalue weighted by molar-refractivity contribution is 0.186. The first kappa shape index (κ1) is 18.2. The van der Waals surface area contributed by atoms with E-state index in [9.17, 15) is 0 Å². The molecule has 0 spiro atoms. The number of nitrogens with one attached hydrogen (secondary N) is 2. The Hall–Kier alpha value is -2.18. The average molecular weight is 344 g/mol. The largest absolute Gasteiger partial charge is 0.383 e. The van der Waals surface area contributed by atoms with Gasteiger partial charge < -0.3 is 14.6 Å². The zero-order chi connectivity index (χ0) is 17.4. The Kier molecular flexibility index (Phi) is 6.96. The van der Waals surface area contributed by atoms with Crippen LogP contribution >= 0.6 is 12.2 Å². The van der Waals surface area contributed by atoms with Crippen LogP contribution in [0.25, 0.3) is 0 Å². The summed E-state index contributed by atoms with van der Waals surface area (Å²) in [4.78, 5) is 0. The fourth-order valence-electron chi connectivity index (χ4n) is 2.46. The van der Waals surface area contributed by atoms with Crippen LogP contribution in [0.5, 0.6) is 0 Å². The molecule has 0 unspecified atom stereocenters. The average Bonchev–Trinajstić information content (AvgIpc) is 2.86. The molecule has 0 aliphatic heterocycles. The molecule has 2 rings (SSSR count). The number of rotatable bonds is 7. The van der Waals surface area contributed by atoms with Crippen LogP contribution in [0.4, 0.5) is 0 Å². The maximum atomic E-state index is 5.23. The van der Waals surface area contributed by atoms with Gasteiger partial charge in [0.25, 0.3) is 0 Å². The van der Waals surface area contributed by atoms with Crippen molar-refractivity contribution in [2.45, 2.75) is 26.9 Å². The first-order valence-electron chi connectivity index (χ1n) is 7.88. The number of hydrogen-bond donors (Lipinski definition) is 2. The zero-order valence-corrected chi connectivity index (χ0v) is 15.2. The second-order valence-corrected chi connectivity index (χ2v) is 5.92. The summed E-state index contributed by atoms with van der Waals surface area (Å²) >= 11 is 5.23. The van der Waals surface area contributed by atoms with E-state index in [1.165, 1.54) is 17.0 Å². The molecule has 24 heavy (non-hydrogen) atoms. The summed E-state index contributed by atoms with van der Waals surface area (Å²) in [7, 11) is 1.71. The predicted molar refractivity (Wildman–Crippen MR) is 102 cm³/mol. The van der Waals surface area contributed by atoms with Crippen molar-refractivity contribution in [2.75, 3.05) is 13.7 Å². The second kappa shape index (κ2) is 9.20. The van der Waals surface area contributed by atoms with Crippen LogP contribution in [-0.2, 0) is 17.8 Å². The Balaban J connectivity index is 1.86. The zero-order valence-electron chi connectivity index (χ0n) is 14.4. The molecular formula is C18H24N4OS. The van der Waals surface area contributed by atoms with E-state index in [-0.39, 0.29) is 0 Å². The van der Waals surface area contributed by atoms with Crippen LogP contribution in [0.15, 0.2) is 41.5 Å². The van der Waals surface area contributed by atoms with Gasteiger partial charge in [-0.05, 0) is 37.7 Å². The van der Waals surface area contributed by atoms with Crippen LogP contribution in [-0.4, -0.2) is 29.6 Å². The number of thiocarbonyl (C=S) groups is 1. The molecule has 1 aromatic heterocycles. The summed E-state index contributed by atoms with van der Waals surface area (Å²) in [6, 6.07) is 12.2. The molecule has 0 saturated heterocycles. The van der Waals surface area contributed by atoms with E-state index in [0.29, 0.717) is 18.3 Å². The molecule has 2 N–H and O–H groups in total. The van der Waals surface area contributed by atoms with E-state index in [2.05, 4.69) is 40.3 Å². The summed E-state index contributed by atoms with van der Waals surface area (Å²) in [6.07, 6.45) is 1.79. The number of benzene rings is 1. The van der Waals surface area contributed by atoms with Crippen LogP contribution in [0.1, 0.15) is 22.5 Å². The van der Waals surface area contributed by atoms with E-state index in [1.807, 2.05) is 30.3 Å². The monoisotopic (exact) mass is 344 g/mol. The first-order chi connectivity index (χ1) is 11.6. The topological polar surface area (TPSA) is 50.6 Å². The van der Waals surface area contributed by atoms with E-state index in [0.717, 1.165) is 12.1 Å². The Bertz CT molecular complexity index is 695. The fraction of sp³-hybridized carbons (Fsp3) is 0.333. The van der Waals surface area contributed by atoms with Crippen molar-refractivity contribution < 1.29 is 4.74 Å². The minimum atomic E-state index is 0.503. The van der Waals surface area contributed by atoms with Crippen molar-refractivity contribution in [3.8, 4) is 0 Å². The summed E-state index contributed by atoms with van der Waals surface area (Å²) in [5.74, 6) is 0. The van der Waals surface area contributed by atoms with Crippen molar-refractivity contribution in [3.63, 3.8) is 0 Å². The molecule has 0 fully saturated rings. The predicted octanol–water partition coefficient (Wildman–Crippen LogP) is 2.75. The Morgan fingerprint density at radius 2 is 2.04 bits per heavy atom. The lowest BCUT2D eigenvalue weighted by Gasteiger charge is -2.08. The molecule has 1 aromatic carbocycles. The Labute approximate surface area is 148 Å². The maximum Gasteiger partial charge on any atom is 0.187 e. The minimum absolute atomic E-state index is 0.503. The Morgan fingerprint density at radius 1 is 1.29 bits per heavy atom. The molecule has 0 amide bonds. The number of ether oxygens (including phenoxy) is 1. The standard InChI is InChI=1S/C18H24N4OS/c1-14-11-17(15(2)22(14)9-10-23-3)13-20-21-18(24)19-12-16-7-5-4-6-8-16/h4-8,11,13H,9-10,12H2,1-3H3,(H2,19,21,24)/b20-13+. The van der Waals surface area contributed by atoms with Crippen molar-refractivity contribution in [2.24, 2.45) is 5.10 Å². The fourth-order valence-corrected chi connectivity index (χ4v) is 2.59. The van der Waals surface area contributed by atoms with Crippen molar-refractivity contribution in [1.82, 2.24) is 15.3 Å². The number of aryl methyl sites for hydroxylation is 1. The molecule has 128 valence electrons. The highest BCUT2D eigenvalue weighted by Crippen LogP contribution is 2.12. The summed E-state index contributed by atoms with van der Waals surface area (Å²) in [5, 5.41) is 7.86. The molecule has 6 heteroatoms. The van der Waals surface area contributed by atoms with E-state index in [4.69, 9.17) is 17.0 Å². The Morgan fingerprint density at radius 3 is 2.75 bits per heavy atom. The number of methoxy groups -OCH3 is 1. The number of hydrogen-bond acceptors (Lipinski definition) is 3. The minimum Gasteiger partial charge on any atom is -0.383 e.